The van der Waals surface area contributed by atoms with Gasteiger partial charge < -0.3 is 10.1 Å². The fourth-order valence-corrected chi connectivity index (χ4v) is 2.98. The smallest absolute Gasteiger partial charge is 0.227 e. The maximum absolute atomic E-state index is 12.2. The van der Waals surface area contributed by atoms with Crippen molar-refractivity contribution in [2.75, 3.05) is 18.5 Å². The molecule has 0 radical (unpaired) electrons. The van der Waals surface area contributed by atoms with Crippen LogP contribution in [-0.2, 0) is 9.53 Å². The molecule has 0 atom stereocenters. The van der Waals surface area contributed by atoms with Gasteiger partial charge in [0.25, 0.3) is 0 Å². The Morgan fingerprint density at radius 1 is 1.28 bits per heavy atom. The van der Waals surface area contributed by atoms with E-state index in [2.05, 4.69) is 21.2 Å². The molecule has 0 aliphatic carbocycles. The number of amides is 1. The van der Waals surface area contributed by atoms with Crippen LogP contribution >= 0.6 is 15.9 Å². The largest absolute Gasteiger partial charge is 0.381 e. The van der Waals surface area contributed by atoms with E-state index in [0.717, 1.165) is 34.1 Å². The van der Waals surface area contributed by atoms with Crippen molar-refractivity contribution in [2.24, 2.45) is 5.92 Å². The summed E-state index contributed by atoms with van der Waals surface area (Å²) in [6.45, 7) is 5.40. The number of halogens is 1. The van der Waals surface area contributed by atoms with Crippen molar-refractivity contribution < 1.29 is 9.53 Å². The Labute approximate surface area is 116 Å². The van der Waals surface area contributed by atoms with E-state index in [1.54, 1.807) is 0 Å². The molecule has 1 saturated heterocycles. The highest BCUT2D eigenvalue weighted by molar-refractivity contribution is 9.10. The van der Waals surface area contributed by atoms with Gasteiger partial charge in [0, 0.05) is 29.3 Å². The maximum atomic E-state index is 12.2. The predicted molar refractivity (Wildman–Crippen MR) is 75.8 cm³/mol. The number of carbonyl (C=O) groups is 1. The third kappa shape index (κ3) is 3.12. The van der Waals surface area contributed by atoms with Crippen LogP contribution in [0.25, 0.3) is 0 Å². The molecule has 1 aromatic carbocycles. The van der Waals surface area contributed by atoms with Crippen molar-refractivity contribution in [3.8, 4) is 0 Å². The summed E-state index contributed by atoms with van der Waals surface area (Å²) in [5, 5.41) is 3.06. The number of carbonyl (C=O) groups excluding carboxylic acids is 1. The Hall–Kier alpha value is -0.870. The molecule has 4 heteroatoms. The Morgan fingerprint density at radius 2 is 1.83 bits per heavy atom. The third-order valence-electron chi connectivity index (χ3n) is 3.34. The first kappa shape index (κ1) is 13.6. The zero-order valence-corrected chi connectivity index (χ0v) is 12.3. The zero-order valence-electron chi connectivity index (χ0n) is 10.8. The summed E-state index contributed by atoms with van der Waals surface area (Å²) in [5.41, 5.74) is 3.11. The van der Waals surface area contributed by atoms with Crippen LogP contribution in [0.2, 0.25) is 0 Å². The van der Waals surface area contributed by atoms with Gasteiger partial charge in [-0.2, -0.15) is 0 Å². The van der Waals surface area contributed by atoms with E-state index < -0.39 is 0 Å². The van der Waals surface area contributed by atoms with E-state index >= 15 is 0 Å². The van der Waals surface area contributed by atoms with Crippen LogP contribution in [0.5, 0.6) is 0 Å². The van der Waals surface area contributed by atoms with Crippen molar-refractivity contribution >= 4 is 27.5 Å². The molecule has 1 amide bonds. The number of ether oxygens (including phenoxy) is 1. The fourth-order valence-electron chi connectivity index (χ4n) is 2.29. The number of hydrogen-bond acceptors (Lipinski definition) is 2. The summed E-state index contributed by atoms with van der Waals surface area (Å²) >= 11 is 3.46. The minimum absolute atomic E-state index is 0.0844. The lowest BCUT2D eigenvalue weighted by Crippen LogP contribution is -2.29. The second-order valence-electron chi connectivity index (χ2n) is 4.79. The first-order valence-electron chi connectivity index (χ1n) is 6.23. The lowest BCUT2D eigenvalue weighted by Gasteiger charge is -2.22. The molecule has 1 aromatic rings. The van der Waals surface area contributed by atoms with Crippen LogP contribution < -0.4 is 5.32 Å². The van der Waals surface area contributed by atoms with Crippen LogP contribution in [0.1, 0.15) is 24.0 Å². The third-order valence-corrected chi connectivity index (χ3v) is 3.80. The second kappa shape index (κ2) is 5.85. The Morgan fingerprint density at radius 3 is 2.39 bits per heavy atom. The van der Waals surface area contributed by atoms with Crippen LogP contribution in [0.15, 0.2) is 16.6 Å². The normalized spacial score (nSPS) is 16.6. The average molecular weight is 312 g/mol. The maximum Gasteiger partial charge on any atom is 0.227 e. The monoisotopic (exact) mass is 311 g/mol. The van der Waals surface area contributed by atoms with Gasteiger partial charge in [-0.3, -0.25) is 4.79 Å². The summed E-state index contributed by atoms with van der Waals surface area (Å²) in [6.07, 6.45) is 1.64. The summed E-state index contributed by atoms with van der Waals surface area (Å²) in [4.78, 5) is 12.2. The summed E-state index contributed by atoms with van der Waals surface area (Å²) < 4.78 is 6.32. The van der Waals surface area contributed by atoms with E-state index in [1.807, 2.05) is 26.0 Å². The second-order valence-corrected chi connectivity index (χ2v) is 5.71. The Kier molecular flexibility index (Phi) is 4.40. The quantitative estimate of drug-likeness (QED) is 0.908. The van der Waals surface area contributed by atoms with Gasteiger partial charge in [-0.25, -0.2) is 0 Å². The molecule has 1 heterocycles. The van der Waals surface area contributed by atoms with Crippen molar-refractivity contribution in [1.29, 1.82) is 0 Å². The predicted octanol–water partition coefficient (Wildman–Crippen LogP) is 3.43. The lowest BCUT2D eigenvalue weighted by atomic mass is 9.98. The van der Waals surface area contributed by atoms with Gasteiger partial charge in [0.05, 0.1) is 0 Å². The number of hydrogen-bond donors (Lipinski definition) is 1. The molecule has 98 valence electrons. The highest BCUT2D eigenvalue weighted by atomic mass is 79.9. The number of rotatable bonds is 2. The minimum Gasteiger partial charge on any atom is -0.381 e. The zero-order chi connectivity index (χ0) is 13.1. The summed E-state index contributed by atoms with van der Waals surface area (Å²) in [5.74, 6) is 0.202. The Balaban J connectivity index is 2.11. The van der Waals surface area contributed by atoms with Gasteiger partial charge in [0.2, 0.25) is 5.91 Å². The molecule has 3 nitrogen and oxygen atoms in total. The molecule has 0 bridgehead atoms. The van der Waals surface area contributed by atoms with E-state index in [4.69, 9.17) is 4.74 Å². The van der Waals surface area contributed by atoms with Crippen molar-refractivity contribution in [3.05, 3.63) is 27.7 Å². The van der Waals surface area contributed by atoms with Gasteiger partial charge in [-0.05, 0) is 49.9 Å². The van der Waals surface area contributed by atoms with Gasteiger partial charge in [-0.1, -0.05) is 15.9 Å². The highest BCUT2D eigenvalue weighted by Crippen LogP contribution is 2.26. The molecule has 1 fully saturated rings. The number of benzene rings is 1. The summed E-state index contributed by atoms with van der Waals surface area (Å²) in [6, 6.07) is 4.04. The Bertz CT molecular complexity index is 430. The molecular formula is C14H18BrNO2. The molecule has 0 saturated carbocycles. The average Bonchev–Trinajstić information content (AvgIpc) is 2.34. The van der Waals surface area contributed by atoms with Crippen molar-refractivity contribution in [1.82, 2.24) is 0 Å². The van der Waals surface area contributed by atoms with E-state index in [1.165, 1.54) is 0 Å². The molecule has 18 heavy (non-hydrogen) atoms. The molecule has 1 aliphatic heterocycles. The number of anilines is 1. The fraction of sp³-hybridized carbons (Fsp3) is 0.500. The highest BCUT2D eigenvalue weighted by Gasteiger charge is 2.22. The molecule has 1 N–H and O–H groups in total. The molecule has 0 unspecified atom stereocenters. The molecular weight excluding hydrogens is 294 g/mol. The van der Waals surface area contributed by atoms with Crippen LogP contribution in [0.3, 0.4) is 0 Å². The van der Waals surface area contributed by atoms with Crippen LogP contribution in [-0.4, -0.2) is 19.1 Å². The topological polar surface area (TPSA) is 38.3 Å². The number of nitrogens with one attached hydrogen (secondary N) is 1. The van der Waals surface area contributed by atoms with Crippen molar-refractivity contribution in [3.63, 3.8) is 0 Å². The first-order valence-corrected chi connectivity index (χ1v) is 7.02. The van der Waals surface area contributed by atoms with Crippen molar-refractivity contribution in [2.45, 2.75) is 26.7 Å². The lowest BCUT2D eigenvalue weighted by molar-refractivity contribution is -0.122. The number of aryl methyl sites for hydroxylation is 2. The van der Waals surface area contributed by atoms with Crippen LogP contribution in [0.4, 0.5) is 5.69 Å². The molecule has 0 aromatic heterocycles. The standard InChI is InChI=1S/C14H18BrNO2/c1-9-7-12(15)8-10(2)13(9)16-14(17)11-3-5-18-6-4-11/h7-8,11H,3-6H2,1-2H3,(H,16,17). The van der Waals surface area contributed by atoms with Gasteiger partial charge in [0.15, 0.2) is 0 Å². The first-order chi connectivity index (χ1) is 8.58. The van der Waals surface area contributed by atoms with E-state index in [-0.39, 0.29) is 11.8 Å². The summed E-state index contributed by atoms with van der Waals surface area (Å²) in [7, 11) is 0. The van der Waals surface area contributed by atoms with Gasteiger partial charge in [-0.15, -0.1) is 0 Å². The molecule has 2 rings (SSSR count). The molecule has 1 aliphatic rings. The molecule has 0 spiro atoms. The SMILES string of the molecule is Cc1cc(Br)cc(C)c1NC(=O)C1CCOCC1. The van der Waals surface area contributed by atoms with E-state index in [9.17, 15) is 4.79 Å². The minimum atomic E-state index is 0.0844. The van der Waals surface area contributed by atoms with Gasteiger partial charge >= 0.3 is 0 Å². The van der Waals surface area contributed by atoms with E-state index in [0.29, 0.717) is 13.2 Å². The van der Waals surface area contributed by atoms with Crippen LogP contribution in [0, 0.1) is 19.8 Å². The van der Waals surface area contributed by atoms with Gasteiger partial charge in [0.1, 0.15) is 0 Å².